The number of aryl methyl sites for hydroxylation is 1. The van der Waals surface area contributed by atoms with Gasteiger partial charge < -0.3 is 44.3 Å². The number of carbonyl (C=O) groups excluding carboxylic acids is 5. The molecule has 4 N–H and O–H groups in total. The number of β-lactam (4-membered cyclic amide) rings is 1. The van der Waals surface area contributed by atoms with E-state index in [4.69, 9.17) is 29.5 Å². The summed E-state index contributed by atoms with van der Waals surface area (Å²) in [6.45, 7) is 17.8. The summed E-state index contributed by atoms with van der Waals surface area (Å²) >= 11 is 0.870. The van der Waals surface area contributed by atoms with Crippen LogP contribution in [-0.2, 0) is 61.2 Å². The summed E-state index contributed by atoms with van der Waals surface area (Å²) in [5, 5.41) is 10.4. The number of nitrogens with two attached hydrogens (primary N) is 1. The molecule has 1 aromatic carbocycles. The van der Waals surface area contributed by atoms with Gasteiger partial charge in [-0.3, -0.25) is 14.9 Å². The first-order valence-electron chi connectivity index (χ1n) is 21.7. The van der Waals surface area contributed by atoms with Crippen LogP contribution in [0.25, 0.3) is 11.1 Å². The fourth-order valence-corrected chi connectivity index (χ4v) is 7.84. The monoisotopic (exact) mass is 1010 g/mol. The molecule has 0 radical (unpaired) electrons. The number of nitrogens with zero attached hydrogens (tertiary/aromatic N) is 6. The molecule has 69 heavy (non-hydrogen) atoms. The lowest BCUT2D eigenvalue weighted by atomic mass is 9.84. The third kappa shape index (κ3) is 15.0. The lowest BCUT2D eigenvalue weighted by Gasteiger charge is -2.51. The van der Waals surface area contributed by atoms with Crippen LogP contribution in [-0.4, -0.2) is 135 Å². The fraction of sp³-hybridized carbons (Fsp3) is 0.581. The molecule has 23 nitrogen and oxygen atoms in total. The Morgan fingerprint density at radius 2 is 1.62 bits per heavy atom. The van der Waals surface area contributed by atoms with Crippen molar-refractivity contribution in [2.45, 2.75) is 136 Å². The van der Waals surface area contributed by atoms with Crippen LogP contribution in [0.15, 0.2) is 47.2 Å². The highest BCUT2D eigenvalue weighted by atomic mass is 32.3. The number of anilines is 1. The number of hydrogen-bond acceptors (Lipinski definition) is 18. The summed E-state index contributed by atoms with van der Waals surface area (Å²) in [7, 11) is -5.35. The predicted octanol–water partition coefficient (Wildman–Crippen LogP) is 3.56. The number of carbonyl (C=O) groups is 5. The number of hydrogen-bond donors (Lipinski definition) is 3. The topological polar surface area (TPSA) is 289 Å². The number of amides is 4. The van der Waals surface area contributed by atoms with Gasteiger partial charge in [-0.25, -0.2) is 32.2 Å². The number of thiazole rings is 1. The largest absolute Gasteiger partial charge is 0.724 e. The van der Waals surface area contributed by atoms with Gasteiger partial charge in [-0.2, -0.15) is 14.0 Å². The first-order chi connectivity index (χ1) is 31.7. The Kier molecular flexibility index (Phi) is 16.1. The maximum absolute atomic E-state index is 15.9. The van der Waals surface area contributed by atoms with Gasteiger partial charge in [0.05, 0.1) is 36.9 Å². The van der Waals surface area contributed by atoms with Crippen molar-refractivity contribution in [1.29, 1.82) is 0 Å². The molecular weight excluding hydrogens is 950 g/mol. The van der Waals surface area contributed by atoms with E-state index < -0.39 is 92.8 Å². The summed E-state index contributed by atoms with van der Waals surface area (Å²) in [6, 6.07) is 5.31. The molecule has 5 rings (SSSR count). The molecule has 2 aliphatic rings. The molecule has 4 amide bonds. The molecule has 0 bridgehead atoms. The van der Waals surface area contributed by atoms with Crippen LogP contribution in [0, 0.1) is 0 Å². The highest BCUT2D eigenvalue weighted by Gasteiger charge is 2.58. The number of aromatic nitrogens is 3. The van der Waals surface area contributed by atoms with Gasteiger partial charge in [0.15, 0.2) is 10.8 Å². The predicted molar refractivity (Wildman–Crippen MR) is 244 cm³/mol. The van der Waals surface area contributed by atoms with E-state index in [1.807, 2.05) is 10.9 Å². The lowest BCUT2D eigenvalue weighted by molar-refractivity contribution is -0.785. The van der Waals surface area contributed by atoms with Gasteiger partial charge in [0, 0.05) is 5.38 Å². The molecule has 2 atom stereocenters. The number of oxime groups is 1. The highest BCUT2D eigenvalue weighted by molar-refractivity contribution is 7.80. The van der Waals surface area contributed by atoms with E-state index in [1.165, 1.54) is 24.1 Å². The van der Waals surface area contributed by atoms with Crippen molar-refractivity contribution in [3.63, 3.8) is 0 Å². The number of likely N-dealkylation sites (tertiary alicyclic amines) is 1. The molecule has 2 aromatic heterocycles. The van der Waals surface area contributed by atoms with Crippen molar-refractivity contribution < 1.29 is 74.1 Å². The molecule has 26 heteroatoms. The van der Waals surface area contributed by atoms with Gasteiger partial charge in [0.25, 0.3) is 17.9 Å². The molecule has 380 valence electrons. The Morgan fingerprint density at radius 1 is 1.00 bits per heavy atom. The minimum absolute atomic E-state index is 0.0260. The second kappa shape index (κ2) is 20.6. The van der Waals surface area contributed by atoms with Crippen LogP contribution in [0.5, 0.6) is 5.75 Å². The van der Waals surface area contributed by atoms with E-state index in [2.05, 4.69) is 25.1 Å². The van der Waals surface area contributed by atoms with Gasteiger partial charge in [-0.15, -0.1) is 16.0 Å². The molecule has 2 unspecified atom stereocenters. The normalized spacial score (nSPS) is 17.5. The van der Waals surface area contributed by atoms with E-state index in [0.717, 1.165) is 22.5 Å². The van der Waals surface area contributed by atoms with Crippen molar-refractivity contribution in [3.05, 3.63) is 47.7 Å². The third-order valence-corrected chi connectivity index (χ3v) is 10.9. The van der Waals surface area contributed by atoms with E-state index in [-0.39, 0.29) is 36.2 Å². The average Bonchev–Trinajstić information content (AvgIpc) is 3.82. The Bertz CT molecular complexity index is 2520. The number of benzene rings is 1. The molecule has 2 saturated heterocycles. The molecule has 0 saturated carbocycles. The zero-order chi connectivity index (χ0) is 51.5. The minimum Gasteiger partial charge on any atom is -0.724 e. The van der Waals surface area contributed by atoms with E-state index in [0.29, 0.717) is 24.6 Å². The van der Waals surface area contributed by atoms with Crippen LogP contribution in [0.3, 0.4) is 0 Å². The Balaban J connectivity index is 1.36. The first kappa shape index (κ1) is 54.0. The zero-order valence-corrected chi connectivity index (χ0v) is 41.9. The number of ether oxygens (including phenoxy) is 4. The Hall–Kier alpha value is -5.96. The van der Waals surface area contributed by atoms with Gasteiger partial charge >= 0.3 is 18.2 Å². The summed E-state index contributed by atoms with van der Waals surface area (Å²) < 4.78 is 79.8. The Labute approximate surface area is 403 Å². The van der Waals surface area contributed by atoms with E-state index >= 15 is 4.39 Å². The molecule has 0 spiro atoms. The number of rotatable bonds is 18. The van der Waals surface area contributed by atoms with Gasteiger partial charge in [0.1, 0.15) is 40.9 Å². The Morgan fingerprint density at radius 3 is 2.19 bits per heavy atom. The number of halogens is 1. The van der Waals surface area contributed by atoms with Gasteiger partial charge in [-0.1, -0.05) is 17.3 Å². The molecule has 0 aliphatic carbocycles. The minimum atomic E-state index is -5.35. The summed E-state index contributed by atoms with van der Waals surface area (Å²) in [6.07, 6.45) is 1.22. The van der Waals surface area contributed by atoms with Crippen molar-refractivity contribution in [3.8, 4) is 16.9 Å². The van der Waals surface area contributed by atoms with Crippen molar-refractivity contribution in [2.24, 2.45) is 10.9 Å². The van der Waals surface area contributed by atoms with Gasteiger partial charge in [-0.05, 0) is 107 Å². The molecule has 3 aromatic rings. The highest BCUT2D eigenvalue weighted by Crippen LogP contribution is 2.33. The standard InChI is InChI=1S/C43H60FN9O14S2/c1-39(2,3)63-35(56)30(21-62-28-15-13-26(14-16-28)27-19-51(18-12-17-45)52(20-27)25-43(44)23-50(24-43)38(58)65-41(7,8)9)66-49-31(29-22-68-36(46-29)48-37(57)64-40(4,5)6)33(54)47-32-34(55)53(42(32,10)11)67-69(59,60)61/h13-16,19-20,22,30,32H,12,17-18,21,23-25,45H2,1-11H3,(H2-,46,47,48,54,57,59,60,61)/b49-31-. The number of nitrogens with one attached hydrogen (secondary N) is 2. The quantitative estimate of drug-likeness (QED) is 0.0240. The molecule has 4 heterocycles. The van der Waals surface area contributed by atoms with E-state index in [1.54, 1.807) is 97.5 Å². The SMILES string of the molecule is CC(C)(C)OC(=O)Nc1nc(/C(=N/OC(COc2ccc(-c3cn(CCCN)[n+](CC4(F)CN(C(=O)OC(C)(C)C)C4)c3)cc2)C(=O)OC(C)(C)C)C(=O)NC2C(=O)N(OS(=O)(=O)[O-])C2(C)C)cs1. The number of hydroxylamine groups is 2. The van der Waals surface area contributed by atoms with Gasteiger partial charge in [0.2, 0.25) is 28.8 Å². The van der Waals surface area contributed by atoms with Crippen molar-refractivity contribution >= 4 is 62.5 Å². The molecule has 2 fully saturated rings. The smallest absolute Gasteiger partial charge is 0.413 e. The first-order valence-corrected chi connectivity index (χ1v) is 23.9. The van der Waals surface area contributed by atoms with E-state index in [9.17, 15) is 36.9 Å². The second-order valence-electron chi connectivity index (χ2n) is 19.8. The fourth-order valence-electron chi connectivity index (χ4n) is 6.71. The second-order valence-corrected chi connectivity index (χ2v) is 21.7. The zero-order valence-electron chi connectivity index (χ0n) is 40.3. The molecule has 2 aliphatic heterocycles. The van der Waals surface area contributed by atoms with Crippen LogP contribution < -0.4 is 25.8 Å². The number of alkyl halides is 1. The summed E-state index contributed by atoms with van der Waals surface area (Å²) in [5.41, 5.74) is 0.654. The third-order valence-electron chi connectivity index (χ3n) is 9.76. The average molecular weight is 1010 g/mol. The maximum atomic E-state index is 15.9. The maximum Gasteiger partial charge on any atom is 0.413 e. The summed E-state index contributed by atoms with van der Waals surface area (Å²) in [4.78, 5) is 76.6. The van der Waals surface area contributed by atoms with Crippen LogP contribution in [0.1, 0.15) is 88.3 Å². The van der Waals surface area contributed by atoms with Crippen LogP contribution >= 0.6 is 11.3 Å². The number of esters is 1. The van der Waals surface area contributed by atoms with Crippen molar-refractivity contribution in [2.75, 3.05) is 31.6 Å². The summed E-state index contributed by atoms with van der Waals surface area (Å²) in [5.74, 6) is -2.84. The lowest BCUT2D eigenvalue weighted by Crippen LogP contribution is -2.76. The van der Waals surface area contributed by atoms with Crippen molar-refractivity contribution in [1.82, 2.24) is 24.9 Å². The van der Waals surface area contributed by atoms with Crippen LogP contribution in [0.4, 0.5) is 19.1 Å². The van der Waals surface area contributed by atoms with Crippen LogP contribution in [0.2, 0.25) is 0 Å². The molecular formula is C43H60FN9O14S2.